The molecule has 1 aliphatic rings. The van der Waals surface area contributed by atoms with Crippen molar-refractivity contribution in [2.45, 2.75) is 19.4 Å². The topological polar surface area (TPSA) is 59.9 Å². The van der Waals surface area contributed by atoms with Gasteiger partial charge < -0.3 is 9.47 Å². The number of benzene rings is 3. The van der Waals surface area contributed by atoms with Crippen molar-refractivity contribution in [3.05, 3.63) is 95.6 Å². The summed E-state index contributed by atoms with van der Waals surface area (Å²) in [5.41, 5.74) is 6.98. The fourth-order valence-electron chi connectivity index (χ4n) is 3.21. The number of hydrazone groups is 1. The molecule has 0 saturated heterocycles. The molecule has 5 nitrogen and oxygen atoms in total. The maximum absolute atomic E-state index is 12.0. The Morgan fingerprint density at radius 1 is 0.828 bits per heavy atom. The number of carbonyl (C=O) groups excluding carboxylic acids is 1. The maximum atomic E-state index is 12.0. The zero-order valence-electron chi connectivity index (χ0n) is 16.0. The fraction of sp³-hybridized carbons (Fsp3) is 0.167. The lowest BCUT2D eigenvalue weighted by Crippen LogP contribution is -2.25. The molecule has 1 N–H and O–H groups in total. The molecule has 3 aromatic carbocycles. The Labute approximate surface area is 170 Å². The molecule has 146 valence electrons. The van der Waals surface area contributed by atoms with Crippen molar-refractivity contribution in [1.29, 1.82) is 0 Å². The Morgan fingerprint density at radius 3 is 2.31 bits per heavy atom. The van der Waals surface area contributed by atoms with Crippen LogP contribution in [-0.2, 0) is 17.8 Å². The SMILES string of the molecule is O=C(COc1ccc(OCc2ccccc2)cc1)N/N=C1/CCc2ccccc21. The molecule has 29 heavy (non-hydrogen) atoms. The van der Waals surface area contributed by atoms with E-state index in [1.54, 1.807) is 12.1 Å². The van der Waals surface area contributed by atoms with Crippen LogP contribution in [0.15, 0.2) is 84.0 Å². The summed E-state index contributed by atoms with van der Waals surface area (Å²) in [7, 11) is 0. The van der Waals surface area contributed by atoms with Gasteiger partial charge in [-0.25, -0.2) is 5.43 Å². The highest BCUT2D eigenvalue weighted by atomic mass is 16.5. The van der Waals surface area contributed by atoms with Gasteiger partial charge in [-0.2, -0.15) is 5.10 Å². The van der Waals surface area contributed by atoms with E-state index in [0.717, 1.165) is 35.4 Å². The van der Waals surface area contributed by atoms with Crippen molar-refractivity contribution in [2.75, 3.05) is 6.61 Å². The molecule has 5 heteroatoms. The molecule has 0 saturated carbocycles. The maximum Gasteiger partial charge on any atom is 0.277 e. The van der Waals surface area contributed by atoms with E-state index in [4.69, 9.17) is 9.47 Å². The predicted octanol–water partition coefficient (Wildman–Crippen LogP) is 4.11. The Morgan fingerprint density at radius 2 is 1.52 bits per heavy atom. The minimum absolute atomic E-state index is 0.0946. The predicted molar refractivity (Wildman–Crippen MR) is 112 cm³/mol. The van der Waals surface area contributed by atoms with Crippen LogP contribution in [0.4, 0.5) is 0 Å². The summed E-state index contributed by atoms with van der Waals surface area (Å²) in [4.78, 5) is 12.0. The van der Waals surface area contributed by atoms with Gasteiger partial charge in [0.05, 0.1) is 5.71 Å². The molecule has 4 rings (SSSR count). The Kier molecular flexibility index (Phi) is 5.86. The third-order valence-electron chi connectivity index (χ3n) is 4.72. The second-order valence-electron chi connectivity index (χ2n) is 6.78. The number of amides is 1. The number of nitrogens with one attached hydrogen (secondary N) is 1. The van der Waals surface area contributed by atoms with Gasteiger partial charge in [0.1, 0.15) is 18.1 Å². The van der Waals surface area contributed by atoms with Gasteiger partial charge in [-0.15, -0.1) is 0 Å². The van der Waals surface area contributed by atoms with Crippen LogP contribution in [0.1, 0.15) is 23.1 Å². The molecule has 1 amide bonds. The van der Waals surface area contributed by atoms with Crippen LogP contribution in [-0.4, -0.2) is 18.2 Å². The number of hydrogen-bond donors (Lipinski definition) is 1. The minimum atomic E-state index is -0.286. The quantitative estimate of drug-likeness (QED) is 0.622. The molecular weight excluding hydrogens is 364 g/mol. The standard InChI is InChI=1S/C24H22N2O3/c27-24(26-25-23-15-10-19-8-4-5-9-22(19)23)17-29-21-13-11-20(12-14-21)28-16-18-6-2-1-3-7-18/h1-9,11-14H,10,15-17H2,(H,26,27)/b25-23-. The molecule has 3 aromatic rings. The van der Waals surface area contributed by atoms with Crippen LogP contribution in [0.5, 0.6) is 11.5 Å². The third kappa shape index (κ3) is 5.02. The zero-order valence-corrected chi connectivity index (χ0v) is 16.0. The van der Waals surface area contributed by atoms with Crippen LogP contribution in [0.25, 0.3) is 0 Å². The molecule has 0 radical (unpaired) electrons. The normalized spacial score (nSPS) is 13.7. The van der Waals surface area contributed by atoms with Gasteiger partial charge >= 0.3 is 0 Å². The van der Waals surface area contributed by atoms with Gasteiger partial charge in [0.2, 0.25) is 0 Å². The number of aryl methyl sites for hydroxylation is 1. The van der Waals surface area contributed by atoms with Crippen LogP contribution < -0.4 is 14.9 Å². The minimum Gasteiger partial charge on any atom is -0.489 e. The lowest BCUT2D eigenvalue weighted by molar-refractivity contribution is -0.123. The van der Waals surface area contributed by atoms with E-state index < -0.39 is 0 Å². The van der Waals surface area contributed by atoms with Gasteiger partial charge in [0, 0.05) is 5.56 Å². The number of hydrogen-bond acceptors (Lipinski definition) is 4. The van der Waals surface area contributed by atoms with Crippen LogP contribution in [0, 0.1) is 0 Å². The second kappa shape index (κ2) is 9.06. The first-order valence-electron chi connectivity index (χ1n) is 9.61. The molecule has 0 unspecified atom stereocenters. The van der Waals surface area contributed by atoms with E-state index in [1.807, 2.05) is 60.7 Å². The van der Waals surface area contributed by atoms with Gasteiger partial charge in [-0.1, -0.05) is 54.6 Å². The van der Waals surface area contributed by atoms with E-state index in [1.165, 1.54) is 5.56 Å². The summed E-state index contributed by atoms with van der Waals surface area (Å²) in [5.74, 6) is 1.06. The number of nitrogens with zero attached hydrogens (tertiary/aromatic N) is 1. The molecule has 1 aliphatic carbocycles. The number of ether oxygens (including phenoxy) is 2. The van der Waals surface area contributed by atoms with E-state index >= 15 is 0 Å². The Hall–Kier alpha value is -3.60. The molecule has 0 atom stereocenters. The van der Waals surface area contributed by atoms with Crippen molar-refractivity contribution in [3.63, 3.8) is 0 Å². The summed E-state index contributed by atoms with van der Waals surface area (Å²) >= 11 is 0. The monoisotopic (exact) mass is 386 g/mol. The highest BCUT2D eigenvalue weighted by Crippen LogP contribution is 2.22. The number of rotatable bonds is 7. The van der Waals surface area contributed by atoms with E-state index in [2.05, 4.69) is 16.6 Å². The molecule has 0 fully saturated rings. The van der Waals surface area contributed by atoms with Gasteiger partial charge in [0.15, 0.2) is 6.61 Å². The third-order valence-corrected chi connectivity index (χ3v) is 4.72. The first-order chi connectivity index (χ1) is 14.3. The average Bonchev–Trinajstić information content (AvgIpc) is 3.19. The lowest BCUT2D eigenvalue weighted by atomic mass is 10.1. The number of fused-ring (bicyclic) bond motifs is 1. The van der Waals surface area contributed by atoms with Gasteiger partial charge in [-0.05, 0) is 48.2 Å². The summed E-state index contributed by atoms with van der Waals surface area (Å²) in [6.45, 7) is 0.412. The largest absolute Gasteiger partial charge is 0.489 e. The highest BCUT2D eigenvalue weighted by Gasteiger charge is 2.17. The molecule has 0 heterocycles. The second-order valence-corrected chi connectivity index (χ2v) is 6.78. The fourth-order valence-corrected chi connectivity index (χ4v) is 3.21. The first kappa shape index (κ1) is 18.7. The van der Waals surface area contributed by atoms with Crippen molar-refractivity contribution in [3.8, 4) is 11.5 Å². The first-order valence-corrected chi connectivity index (χ1v) is 9.61. The van der Waals surface area contributed by atoms with Crippen LogP contribution in [0.2, 0.25) is 0 Å². The Balaban J connectivity index is 1.24. The molecule has 0 bridgehead atoms. The van der Waals surface area contributed by atoms with E-state index in [9.17, 15) is 4.79 Å². The summed E-state index contributed by atoms with van der Waals surface area (Å²) in [6, 6.07) is 25.3. The molecule has 0 aliphatic heterocycles. The Bertz CT molecular complexity index is 998. The van der Waals surface area contributed by atoms with E-state index in [-0.39, 0.29) is 12.5 Å². The van der Waals surface area contributed by atoms with Crippen molar-refractivity contribution in [1.82, 2.24) is 5.43 Å². The smallest absolute Gasteiger partial charge is 0.277 e. The summed E-state index contributed by atoms with van der Waals surface area (Å²) in [5, 5.41) is 4.26. The zero-order chi connectivity index (χ0) is 19.9. The van der Waals surface area contributed by atoms with E-state index in [0.29, 0.717) is 12.4 Å². The highest BCUT2D eigenvalue weighted by molar-refractivity contribution is 6.04. The van der Waals surface area contributed by atoms with Gasteiger partial charge in [-0.3, -0.25) is 4.79 Å². The summed E-state index contributed by atoms with van der Waals surface area (Å²) in [6.07, 6.45) is 1.80. The van der Waals surface area contributed by atoms with Crippen molar-refractivity contribution in [2.24, 2.45) is 5.10 Å². The number of carbonyl (C=O) groups is 1. The van der Waals surface area contributed by atoms with Crippen molar-refractivity contribution < 1.29 is 14.3 Å². The summed E-state index contributed by atoms with van der Waals surface area (Å²) < 4.78 is 11.3. The van der Waals surface area contributed by atoms with Gasteiger partial charge in [0.25, 0.3) is 5.91 Å². The molecule has 0 spiro atoms. The van der Waals surface area contributed by atoms with Crippen molar-refractivity contribution >= 4 is 11.6 Å². The molecule has 0 aromatic heterocycles. The van der Waals surface area contributed by atoms with Crippen LogP contribution in [0.3, 0.4) is 0 Å². The average molecular weight is 386 g/mol. The van der Waals surface area contributed by atoms with Crippen LogP contribution >= 0.6 is 0 Å². The molecular formula is C24H22N2O3. The lowest BCUT2D eigenvalue weighted by Gasteiger charge is -2.08.